The van der Waals surface area contributed by atoms with E-state index in [-0.39, 0.29) is 12.5 Å². The Morgan fingerprint density at radius 3 is 2.86 bits per heavy atom. The molecule has 1 aromatic carbocycles. The number of rotatable bonds is 5. The topological polar surface area (TPSA) is 97.1 Å². The van der Waals surface area contributed by atoms with Crippen molar-refractivity contribution in [3.8, 4) is 0 Å². The molecule has 1 amide bonds. The van der Waals surface area contributed by atoms with Crippen molar-refractivity contribution in [2.45, 2.75) is 13.5 Å². The zero-order valence-electron chi connectivity index (χ0n) is 11.4. The van der Waals surface area contributed by atoms with E-state index in [1.807, 2.05) is 6.92 Å². The third-order valence-electron chi connectivity index (χ3n) is 2.72. The standard InChI is InChI=1S/C14H14N4O3/c1-10-8-11(3-5-14(20)21)2-4-12(10)16-13(19)9-18-7-6-15-17-18/h2-8H,9H2,1H3,(H,16,19)(H,20,21)/b5-3+. The first-order valence-electron chi connectivity index (χ1n) is 6.20. The van der Waals surface area contributed by atoms with Crippen molar-refractivity contribution >= 4 is 23.6 Å². The molecule has 2 aromatic rings. The van der Waals surface area contributed by atoms with Crippen LogP contribution >= 0.6 is 0 Å². The van der Waals surface area contributed by atoms with Crippen molar-refractivity contribution in [1.29, 1.82) is 0 Å². The zero-order chi connectivity index (χ0) is 15.2. The molecule has 0 saturated heterocycles. The molecule has 2 rings (SSSR count). The Balaban J connectivity index is 2.03. The van der Waals surface area contributed by atoms with Crippen molar-refractivity contribution in [1.82, 2.24) is 15.0 Å². The number of aryl methyl sites for hydroxylation is 1. The maximum atomic E-state index is 11.8. The molecule has 0 atom stereocenters. The van der Waals surface area contributed by atoms with Crippen molar-refractivity contribution in [3.63, 3.8) is 0 Å². The van der Waals surface area contributed by atoms with Gasteiger partial charge in [0.15, 0.2) is 0 Å². The van der Waals surface area contributed by atoms with Crippen molar-refractivity contribution in [3.05, 3.63) is 47.8 Å². The second-order valence-electron chi connectivity index (χ2n) is 4.39. The molecule has 108 valence electrons. The van der Waals surface area contributed by atoms with Crippen LogP contribution in [0, 0.1) is 6.92 Å². The van der Waals surface area contributed by atoms with Crippen LogP contribution in [-0.4, -0.2) is 32.0 Å². The molecule has 21 heavy (non-hydrogen) atoms. The summed E-state index contributed by atoms with van der Waals surface area (Å²) in [7, 11) is 0. The normalized spacial score (nSPS) is 10.7. The lowest BCUT2D eigenvalue weighted by atomic mass is 10.1. The fraction of sp³-hybridized carbons (Fsp3) is 0.143. The smallest absolute Gasteiger partial charge is 0.328 e. The molecule has 0 spiro atoms. The van der Waals surface area contributed by atoms with Crippen molar-refractivity contribution in [2.24, 2.45) is 0 Å². The fourth-order valence-electron chi connectivity index (χ4n) is 1.75. The predicted octanol–water partition coefficient (Wildman–Crippen LogP) is 1.32. The first-order chi connectivity index (χ1) is 10.0. The summed E-state index contributed by atoms with van der Waals surface area (Å²) in [6.45, 7) is 1.92. The van der Waals surface area contributed by atoms with Crippen LogP contribution < -0.4 is 5.32 Å². The highest BCUT2D eigenvalue weighted by Crippen LogP contribution is 2.17. The Morgan fingerprint density at radius 2 is 2.24 bits per heavy atom. The van der Waals surface area contributed by atoms with Crippen LogP contribution in [0.3, 0.4) is 0 Å². The minimum absolute atomic E-state index is 0.0834. The van der Waals surface area contributed by atoms with E-state index in [1.54, 1.807) is 24.4 Å². The number of amides is 1. The number of aliphatic carboxylic acids is 1. The summed E-state index contributed by atoms with van der Waals surface area (Å²) in [5, 5.41) is 18.7. The average molecular weight is 286 g/mol. The van der Waals surface area contributed by atoms with E-state index in [9.17, 15) is 9.59 Å². The van der Waals surface area contributed by atoms with Gasteiger partial charge >= 0.3 is 5.97 Å². The van der Waals surface area contributed by atoms with Gasteiger partial charge in [-0.05, 0) is 36.3 Å². The second-order valence-corrected chi connectivity index (χ2v) is 4.39. The van der Waals surface area contributed by atoms with E-state index in [1.165, 1.54) is 17.0 Å². The molecule has 1 aromatic heterocycles. The van der Waals surface area contributed by atoms with E-state index in [0.717, 1.165) is 17.2 Å². The van der Waals surface area contributed by atoms with Crippen LogP contribution in [0.1, 0.15) is 11.1 Å². The Labute approximate surface area is 120 Å². The van der Waals surface area contributed by atoms with E-state index < -0.39 is 5.97 Å². The molecular formula is C14H14N4O3. The van der Waals surface area contributed by atoms with Crippen LogP contribution in [0.5, 0.6) is 0 Å². The Morgan fingerprint density at radius 1 is 1.43 bits per heavy atom. The first kappa shape index (κ1) is 14.4. The lowest BCUT2D eigenvalue weighted by molar-refractivity contribution is -0.131. The van der Waals surface area contributed by atoms with Gasteiger partial charge in [-0.15, -0.1) is 5.10 Å². The number of benzene rings is 1. The van der Waals surface area contributed by atoms with Gasteiger partial charge in [-0.1, -0.05) is 11.3 Å². The largest absolute Gasteiger partial charge is 0.478 e. The number of aromatic nitrogens is 3. The third-order valence-corrected chi connectivity index (χ3v) is 2.72. The van der Waals surface area contributed by atoms with Crippen LogP contribution in [0.4, 0.5) is 5.69 Å². The number of carbonyl (C=O) groups excluding carboxylic acids is 1. The highest BCUT2D eigenvalue weighted by Gasteiger charge is 2.06. The fourth-order valence-corrected chi connectivity index (χ4v) is 1.75. The number of nitrogens with zero attached hydrogens (tertiary/aromatic N) is 3. The molecule has 7 nitrogen and oxygen atoms in total. The van der Waals surface area contributed by atoms with Gasteiger partial charge in [0, 0.05) is 18.0 Å². The summed E-state index contributed by atoms with van der Waals surface area (Å²) < 4.78 is 1.43. The molecule has 0 aliphatic heterocycles. The number of hydrogen-bond acceptors (Lipinski definition) is 4. The maximum Gasteiger partial charge on any atom is 0.328 e. The average Bonchev–Trinajstić information content (AvgIpc) is 2.92. The van der Waals surface area contributed by atoms with Crippen LogP contribution in [0.25, 0.3) is 6.08 Å². The van der Waals surface area contributed by atoms with E-state index in [2.05, 4.69) is 15.6 Å². The van der Waals surface area contributed by atoms with Gasteiger partial charge in [-0.3, -0.25) is 4.79 Å². The molecule has 0 fully saturated rings. The van der Waals surface area contributed by atoms with Gasteiger partial charge in [0.05, 0.1) is 6.20 Å². The molecule has 0 unspecified atom stereocenters. The lowest BCUT2D eigenvalue weighted by Gasteiger charge is -2.09. The molecular weight excluding hydrogens is 272 g/mol. The molecule has 0 bridgehead atoms. The quantitative estimate of drug-likeness (QED) is 0.808. The Hall–Kier alpha value is -2.96. The molecule has 1 heterocycles. The number of carbonyl (C=O) groups is 2. The Bertz CT molecular complexity index is 678. The Kier molecular flexibility index (Phi) is 4.45. The molecule has 2 N–H and O–H groups in total. The van der Waals surface area contributed by atoms with Gasteiger partial charge < -0.3 is 10.4 Å². The number of carboxylic acid groups (broad SMARTS) is 1. The summed E-state index contributed by atoms with van der Waals surface area (Å²) in [6.07, 6.45) is 5.67. The minimum Gasteiger partial charge on any atom is -0.478 e. The summed E-state index contributed by atoms with van der Waals surface area (Å²) in [5.41, 5.74) is 2.27. The van der Waals surface area contributed by atoms with Gasteiger partial charge in [-0.2, -0.15) is 0 Å². The summed E-state index contributed by atoms with van der Waals surface area (Å²) in [5.74, 6) is -1.21. The molecule has 7 heteroatoms. The zero-order valence-corrected chi connectivity index (χ0v) is 11.4. The second kappa shape index (κ2) is 6.47. The summed E-state index contributed by atoms with van der Waals surface area (Å²) in [4.78, 5) is 22.3. The minimum atomic E-state index is -1.00. The molecule has 0 saturated carbocycles. The van der Waals surface area contributed by atoms with Crippen LogP contribution in [0.2, 0.25) is 0 Å². The molecule has 0 radical (unpaired) electrons. The van der Waals surface area contributed by atoms with Gasteiger partial charge in [0.1, 0.15) is 6.54 Å². The van der Waals surface area contributed by atoms with Crippen LogP contribution in [0.15, 0.2) is 36.7 Å². The number of nitrogens with one attached hydrogen (secondary N) is 1. The third kappa shape index (κ3) is 4.27. The number of anilines is 1. The monoisotopic (exact) mass is 286 g/mol. The van der Waals surface area contributed by atoms with E-state index in [4.69, 9.17) is 5.11 Å². The maximum absolute atomic E-state index is 11.8. The number of carboxylic acids is 1. The summed E-state index contributed by atoms with van der Waals surface area (Å²) >= 11 is 0. The van der Waals surface area contributed by atoms with Crippen molar-refractivity contribution < 1.29 is 14.7 Å². The highest BCUT2D eigenvalue weighted by molar-refractivity contribution is 5.91. The predicted molar refractivity (Wildman–Crippen MR) is 76.5 cm³/mol. The SMILES string of the molecule is Cc1cc(/C=C/C(=O)O)ccc1NC(=O)Cn1ccnn1. The lowest BCUT2D eigenvalue weighted by Crippen LogP contribution is -2.19. The van der Waals surface area contributed by atoms with E-state index in [0.29, 0.717) is 5.69 Å². The first-order valence-corrected chi connectivity index (χ1v) is 6.20. The van der Waals surface area contributed by atoms with Gasteiger partial charge in [0.25, 0.3) is 0 Å². The van der Waals surface area contributed by atoms with Gasteiger partial charge in [0.2, 0.25) is 5.91 Å². The summed E-state index contributed by atoms with van der Waals surface area (Å²) in [6, 6.07) is 5.26. The highest BCUT2D eigenvalue weighted by atomic mass is 16.4. The molecule has 0 aliphatic rings. The van der Waals surface area contributed by atoms with Crippen molar-refractivity contribution in [2.75, 3.05) is 5.32 Å². The van der Waals surface area contributed by atoms with Crippen LogP contribution in [-0.2, 0) is 16.1 Å². The number of hydrogen-bond donors (Lipinski definition) is 2. The van der Waals surface area contributed by atoms with E-state index >= 15 is 0 Å². The van der Waals surface area contributed by atoms with Gasteiger partial charge in [-0.25, -0.2) is 9.48 Å². The molecule has 0 aliphatic carbocycles.